The van der Waals surface area contributed by atoms with Crippen LogP contribution in [0.3, 0.4) is 0 Å². The highest BCUT2D eigenvalue weighted by atomic mass is 19.1. The largest absolute Gasteiger partial charge is 0.335 e. The molecule has 0 unspecified atom stereocenters. The summed E-state index contributed by atoms with van der Waals surface area (Å²) in [7, 11) is 1.77. The van der Waals surface area contributed by atoms with Crippen molar-refractivity contribution in [3.8, 4) is 0 Å². The number of carbonyl (C=O) groups excluding carboxylic acids is 2. The molecule has 2 heterocycles. The first kappa shape index (κ1) is 19.1. The Hall–Kier alpha value is -2.70. The average Bonchev–Trinajstić information content (AvgIpc) is 3.00. The first-order valence-corrected chi connectivity index (χ1v) is 9.18. The summed E-state index contributed by atoms with van der Waals surface area (Å²) in [5.74, 6) is -0.271. The van der Waals surface area contributed by atoms with Crippen LogP contribution in [-0.4, -0.2) is 50.5 Å². The Morgan fingerprint density at radius 1 is 1.26 bits per heavy atom. The van der Waals surface area contributed by atoms with Gasteiger partial charge in [0.15, 0.2) is 0 Å². The van der Waals surface area contributed by atoms with Crippen LogP contribution in [0.15, 0.2) is 36.5 Å². The van der Waals surface area contributed by atoms with E-state index in [9.17, 15) is 14.0 Å². The molecule has 1 aliphatic rings. The van der Waals surface area contributed by atoms with E-state index < -0.39 is 0 Å². The molecule has 1 aliphatic heterocycles. The molecule has 1 aromatic carbocycles. The van der Waals surface area contributed by atoms with E-state index in [4.69, 9.17) is 0 Å². The van der Waals surface area contributed by atoms with Gasteiger partial charge in [0.05, 0.1) is 6.04 Å². The molecule has 2 amide bonds. The number of aromatic nitrogens is 2. The van der Waals surface area contributed by atoms with Crippen molar-refractivity contribution >= 4 is 11.8 Å². The van der Waals surface area contributed by atoms with Gasteiger partial charge in [0.2, 0.25) is 5.91 Å². The third-order valence-electron chi connectivity index (χ3n) is 4.98. The smallest absolute Gasteiger partial charge is 0.274 e. The number of hydrogen-bond donors (Lipinski definition) is 0. The van der Waals surface area contributed by atoms with E-state index in [0.29, 0.717) is 25.3 Å². The molecule has 0 bridgehead atoms. The first-order chi connectivity index (χ1) is 12.8. The van der Waals surface area contributed by atoms with Gasteiger partial charge in [-0.1, -0.05) is 26.0 Å². The van der Waals surface area contributed by atoms with Crippen molar-refractivity contribution in [1.82, 2.24) is 19.6 Å². The van der Waals surface area contributed by atoms with Crippen LogP contribution in [-0.2, 0) is 18.4 Å². The highest BCUT2D eigenvalue weighted by Gasteiger charge is 2.34. The summed E-state index contributed by atoms with van der Waals surface area (Å²) in [6.07, 6.45) is 2.00. The minimum atomic E-state index is -0.298. The molecule has 3 rings (SSSR count). The lowest BCUT2D eigenvalue weighted by molar-refractivity contribution is -0.134. The zero-order valence-electron chi connectivity index (χ0n) is 15.9. The standard InChI is InChI=1S/C20H25FN4O2/c1-14(2)18-13-24(20(27)17-8-10-23(3)22-17)11-9-19(26)25(18)12-15-4-6-16(21)7-5-15/h4-8,10,14,18H,9,11-13H2,1-3H3/t18-/m0/s1. The number of hydrogen-bond acceptors (Lipinski definition) is 3. The monoisotopic (exact) mass is 372 g/mol. The zero-order valence-corrected chi connectivity index (χ0v) is 15.9. The first-order valence-electron chi connectivity index (χ1n) is 9.18. The van der Waals surface area contributed by atoms with Gasteiger partial charge in [0.25, 0.3) is 5.91 Å². The van der Waals surface area contributed by atoms with Crippen LogP contribution in [0.1, 0.15) is 36.3 Å². The van der Waals surface area contributed by atoms with Gasteiger partial charge in [-0.3, -0.25) is 14.3 Å². The molecular formula is C20H25FN4O2. The van der Waals surface area contributed by atoms with Crippen molar-refractivity contribution in [2.75, 3.05) is 13.1 Å². The second kappa shape index (κ2) is 7.90. The van der Waals surface area contributed by atoms with Crippen LogP contribution in [0.4, 0.5) is 4.39 Å². The minimum Gasteiger partial charge on any atom is -0.335 e. The van der Waals surface area contributed by atoms with Gasteiger partial charge in [0.1, 0.15) is 11.5 Å². The van der Waals surface area contributed by atoms with Gasteiger partial charge < -0.3 is 9.80 Å². The SMILES string of the molecule is CC(C)[C@@H]1CN(C(=O)c2ccn(C)n2)CCC(=O)N1Cc1ccc(F)cc1. The van der Waals surface area contributed by atoms with Crippen LogP contribution in [0, 0.1) is 11.7 Å². The van der Waals surface area contributed by atoms with E-state index in [2.05, 4.69) is 5.10 Å². The Labute approximate surface area is 158 Å². The van der Waals surface area contributed by atoms with E-state index in [-0.39, 0.29) is 36.0 Å². The molecule has 0 aliphatic carbocycles. The number of aryl methyl sites for hydroxylation is 1. The quantitative estimate of drug-likeness (QED) is 0.828. The van der Waals surface area contributed by atoms with Gasteiger partial charge in [-0.15, -0.1) is 0 Å². The molecule has 1 atom stereocenters. The Balaban J connectivity index is 1.81. The fourth-order valence-corrected chi connectivity index (χ4v) is 3.41. The van der Waals surface area contributed by atoms with Crippen molar-refractivity contribution in [3.05, 3.63) is 53.6 Å². The van der Waals surface area contributed by atoms with Crippen molar-refractivity contribution in [1.29, 1.82) is 0 Å². The molecule has 2 aromatic rings. The Kier molecular flexibility index (Phi) is 5.58. The normalized spacial score (nSPS) is 18.1. The molecule has 6 nitrogen and oxygen atoms in total. The van der Waals surface area contributed by atoms with Crippen LogP contribution in [0.25, 0.3) is 0 Å². The number of nitrogens with zero attached hydrogens (tertiary/aromatic N) is 4. The van der Waals surface area contributed by atoms with E-state index in [1.165, 1.54) is 12.1 Å². The minimum absolute atomic E-state index is 0.00865. The Bertz CT molecular complexity index is 816. The molecule has 1 aromatic heterocycles. The lowest BCUT2D eigenvalue weighted by Gasteiger charge is -2.34. The third kappa shape index (κ3) is 4.35. The number of benzene rings is 1. The lowest BCUT2D eigenvalue weighted by Crippen LogP contribution is -2.47. The molecule has 1 fully saturated rings. The van der Waals surface area contributed by atoms with Gasteiger partial charge in [-0.2, -0.15) is 5.10 Å². The zero-order chi connectivity index (χ0) is 19.6. The van der Waals surface area contributed by atoms with Crippen LogP contribution < -0.4 is 0 Å². The predicted molar refractivity (Wildman–Crippen MR) is 99.3 cm³/mol. The highest BCUT2D eigenvalue weighted by Crippen LogP contribution is 2.22. The maximum Gasteiger partial charge on any atom is 0.274 e. The summed E-state index contributed by atoms with van der Waals surface area (Å²) in [4.78, 5) is 29.2. The molecule has 144 valence electrons. The summed E-state index contributed by atoms with van der Waals surface area (Å²) in [5, 5.41) is 4.19. The van der Waals surface area contributed by atoms with Crippen molar-refractivity contribution in [2.24, 2.45) is 13.0 Å². The van der Waals surface area contributed by atoms with Gasteiger partial charge in [-0.05, 0) is 29.7 Å². The Morgan fingerprint density at radius 3 is 2.56 bits per heavy atom. The molecule has 0 N–H and O–H groups in total. The summed E-state index contributed by atoms with van der Waals surface area (Å²) >= 11 is 0. The highest BCUT2D eigenvalue weighted by molar-refractivity contribution is 5.92. The number of rotatable bonds is 4. The van der Waals surface area contributed by atoms with E-state index in [1.54, 1.807) is 41.0 Å². The third-order valence-corrected chi connectivity index (χ3v) is 4.98. The second-order valence-corrected chi connectivity index (χ2v) is 7.34. The van der Waals surface area contributed by atoms with E-state index in [0.717, 1.165) is 5.56 Å². The van der Waals surface area contributed by atoms with Crippen LogP contribution in [0.2, 0.25) is 0 Å². The number of carbonyl (C=O) groups is 2. The van der Waals surface area contributed by atoms with Gasteiger partial charge in [-0.25, -0.2) is 4.39 Å². The summed E-state index contributed by atoms with van der Waals surface area (Å²) in [6, 6.07) is 7.77. The molecule has 0 radical (unpaired) electrons. The average molecular weight is 372 g/mol. The molecule has 7 heteroatoms. The van der Waals surface area contributed by atoms with E-state index in [1.807, 2.05) is 18.7 Å². The molecular weight excluding hydrogens is 347 g/mol. The maximum absolute atomic E-state index is 13.2. The molecule has 27 heavy (non-hydrogen) atoms. The second-order valence-electron chi connectivity index (χ2n) is 7.34. The number of halogens is 1. The van der Waals surface area contributed by atoms with Crippen molar-refractivity contribution in [2.45, 2.75) is 32.9 Å². The van der Waals surface area contributed by atoms with Gasteiger partial charge in [0, 0.05) is 39.3 Å². The van der Waals surface area contributed by atoms with Gasteiger partial charge >= 0.3 is 0 Å². The van der Waals surface area contributed by atoms with Crippen molar-refractivity contribution in [3.63, 3.8) is 0 Å². The predicted octanol–water partition coefficient (Wildman–Crippen LogP) is 2.46. The summed E-state index contributed by atoms with van der Waals surface area (Å²) in [5.41, 5.74) is 1.26. The maximum atomic E-state index is 13.2. The van der Waals surface area contributed by atoms with E-state index >= 15 is 0 Å². The summed E-state index contributed by atoms with van der Waals surface area (Å²) in [6.45, 7) is 5.33. The fraction of sp³-hybridized carbons (Fsp3) is 0.450. The van der Waals surface area contributed by atoms with Crippen molar-refractivity contribution < 1.29 is 14.0 Å². The molecule has 1 saturated heterocycles. The molecule has 0 saturated carbocycles. The summed E-state index contributed by atoms with van der Waals surface area (Å²) < 4.78 is 14.8. The Morgan fingerprint density at radius 2 is 1.96 bits per heavy atom. The lowest BCUT2D eigenvalue weighted by atomic mass is 10.0. The number of amides is 2. The molecule has 0 spiro atoms. The fourth-order valence-electron chi connectivity index (χ4n) is 3.41. The topological polar surface area (TPSA) is 58.4 Å². The van der Waals surface area contributed by atoms with Crippen LogP contribution >= 0.6 is 0 Å². The van der Waals surface area contributed by atoms with Crippen LogP contribution in [0.5, 0.6) is 0 Å².